The Morgan fingerprint density at radius 3 is 2.27 bits per heavy atom. The second-order valence-corrected chi connectivity index (χ2v) is 13.4. The van der Waals surface area contributed by atoms with Crippen molar-refractivity contribution in [3.63, 3.8) is 0 Å². The van der Waals surface area contributed by atoms with Gasteiger partial charge in [-0.2, -0.15) is 0 Å². The Morgan fingerprint density at radius 1 is 0.902 bits per heavy atom. The number of pyridine rings is 1. The number of carbonyl (C=O) groups is 2. The number of anilines is 1. The van der Waals surface area contributed by atoms with Crippen LogP contribution in [0.3, 0.4) is 0 Å². The van der Waals surface area contributed by atoms with Gasteiger partial charge in [-0.3, -0.25) is 14.6 Å². The van der Waals surface area contributed by atoms with E-state index >= 15 is 0 Å². The van der Waals surface area contributed by atoms with Crippen LogP contribution < -0.4 is 10.2 Å². The van der Waals surface area contributed by atoms with E-state index in [4.69, 9.17) is 23.2 Å². The van der Waals surface area contributed by atoms with E-state index in [9.17, 15) is 9.59 Å². The molecule has 1 aliphatic carbocycles. The van der Waals surface area contributed by atoms with Crippen LogP contribution in [0.1, 0.15) is 77.4 Å². The first-order valence-electron chi connectivity index (χ1n) is 14.5. The van der Waals surface area contributed by atoms with Crippen molar-refractivity contribution in [2.75, 3.05) is 31.1 Å². The summed E-state index contributed by atoms with van der Waals surface area (Å²) in [5.74, 6) is -0.168. The first-order chi connectivity index (χ1) is 19.6. The number of likely N-dealkylation sites (tertiary alicyclic amines) is 1. The summed E-state index contributed by atoms with van der Waals surface area (Å²) in [4.78, 5) is 35.5. The molecule has 3 aromatic rings. The molecule has 8 heteroatoms. The lowest BCUT2D eigenvalue weighted by molar-refractivity contribution is 0.0515. The number of nitrogens with one attached hydrogen (secondary N) is 1. The Hall–Kier alpha value is -3.09. The van der Waals surface area contributed by atoms with Gasteiger partial charge in [0.05, 0.1) is 16.6 Å². The standard InChI is InChI=1S/C33H36Cl2N4O2/c1-32(2)21-23-4-3-22(19-27(23)29(32)37-30(40)26-6-5-24(34)20-28(26)35)31(41)39-17-11-33(12-18-39)9-15-38(16-10-33)25-7-13-36-14-8-25/h3-8,13-14,19-20,29H,9-12,15-18,21H2,1-2H3,(H,37,40). The Kier molecular flexibility index (Phi) is 7.50. The summed E-state index contributed by atoms with van der Waals surface area (Å²) in [6.45, 7) is 7.96. The molecule has 2 aromatic carbocycles. The zero-order valence-electron chi connectivity index (χ0n) is 23.6. The topological polar surface area (TPSA) is 65.5 Å². The van der Waals surface area contributed by atoms with Crippen LogP contribution in [0.15, 0.2) is 60.9 Å². The maximum absolute atomic E-state index is 13.7. The van der Waals surface area contributed by atoms with Crippen LogP contribution in [0.25, 0.3) is 0 Å². The number of halogens is 2. The average Bonchev–Trinajstić information content (AvgIpc) is 3.22. The van der Waals surface area contributed by atoms with E-state index in [0.717, 1.165) is 69.4 Å². The van der Waals surface area contributed by atoms with E-state index in [0.29, 0.717) is 26.6 Å². The fourth-order valence-corrected chi connectivity index (χ4v) is 7.48. The molecule has 1 atom stereocenters. The van der Waals surface area contributed by atoms with Crippen LogP contribution in [0, 0.1) is 10.8 Å². The number of piperidine rings is 2. The molecular formula is C33H36Cl2N4O2. The quantitative estimate of drug-likeness (QED) is 0.356. The zero-order chi connectivity index (χ0) is 28.8. The molecule has 1 spiro atoms. The minimum absolute atomic E-state index is 0.0763. The van der Waals surface area contributed by atoms with Gasteiger partial charge >= 0.3 is 0 Å². The van der Waals surface area contributed by atoms with Crippen molar-refractivity contribution < 1.29 is 9.59 Å². The highest BCUT2D eigenvalue weighted by Gasteiger charge is 2.42. The van der Waals surface area contributed by atoms with Crippen molar-refractivity contribution in [2.45, 2.75) is 52.0 Å². The molecule has 0 saturated carbocycles. The summed E-state index contributed by atoms with van der Waals surface area (Å²) >= 11 is 12.4. The zero-order valence-corrected chi connectivity index (χ0v) is 25.1. The van der Waals surface area contributed by atoms with Gasteiger partial charge in [0, 0.05) is 54.8 Å². The Bertz CT molecular complexity index is 1460. The molecule has 3 aliphatic rings. The molecule has 6 rings (SSSR count). The molecule has 0 bridgehead atoms. The van der Waals surface area contributed by atoms with Gasteiger partial charge in [-0.15, -0.1) is 0 Å². The van der Waals surface area contributed by atoms with Gasteiger partial charge in [-0.05, 0) is 96.5 Å². The molecule has 41 heavy (non-hydrogen) atoms. The number of nitrogens with zero attached hydrogens (tertiary/aromatic N) is 3. The number of hydrogen-bond donors (Lipinski definition) is 1. The lowest BCUT2D eigenvalue weighted by Gasteiger charge is -2.47. The maximum Gasteiger partial charge on any atom is 0.253 e. The fourth-order valence-electron chi connectivity index (χ4n) is 6.99. The van der Waals surface area contributed by atoms with E-state index in [1.54, 1.807) is 18.2 Å². The largest absolute Gasteiger partial charge is 0.371 e. The summed E-state index contributed by atoms with van der Waals surface area (Å²) in [6, 6.07) is 14.8. The Morgan fingerprint density at radius 2 is 1.59 bits per heavy atom. The third kappa shape index (κ3) is 5.56. The summed E-state index contributed by atoms with van der Waals surface area (Å²) in [5.41, 5.74) is 4.61. The summed E-state index contributed by atoms with van der Waals surface area (Å²) in [5, 5.41) is 4.01. The Labute approximate surface area is 252 Å². The number of rotatable bonds is 4. The molecule has 1 N–H and O–H groups in total. The van der Waals surface area contributed by atoms with Crippen LogP contribution in [-0.2, 0) is 6.42 Å². The number of fused-ring (bicyclic) bond motifs is 1. The predicted octanol–water partition coefficient (Wildman–Crippen LogP) is 6.96. The summed E-state index contributed by atoms with van der Waals surface area (Å²) in [7, 11) is 0. The highest BCUT2D eigenvalue weighted by Crippen LogP contribution is 2.46. The van der Waals surface area contributed by atoms with E-state index in [-0.39, 0.29) is 23.3 Å². The van der Waals surface area contributed by atoms with E-state index < -0.39 is 0 Å². The molecular weight excluding hydrogens is 555 g/mol. The number of benzene rings is 2. The minimum atomic E-state index is -0.245. The van der Waals surface area contributed by atoms with E-state index in [1.807, 2.05) is 29.4 Å². The first kappa shape index (κ1) is 28.0. The van der Waals surface area contributed by atoms with Crippen molar-refractivity contribution in [2.24, 2.45) is 10.8 Å². The summed E-state index contributed by atoms with van der Waals surface area (Å²) in [6.07, 6.45) is 8.93. The molecule has 6 nitrogen and oxygen atoms in total. The maximum atomic E-state index is 13.7. The van der Waals surface area contributed by atoms with Gasteiger partial charge in [0.2, 0.25) is 0 Å². The molecule has 2 amide bonds. The third-order valence-electron chi connectivity index (χ3n) is 9.55. The smallest absolute Gasteiger partial charge is 0.253 e. The molecule has 0 radical (unpaired) electrons. The van der Waals surface area contributed by atoms with Crippen molar-refractivity contribution in [1.82, 2.24) is 15.2 Å². The van der Waals surface area contributed by atoms with E-state index in [1.165, 1.54) is 5.69 Å². The number of aromatic nitrogens is 1. The highest BCUT2D eigenvalue weighted by atomic mass is 35.5. The fraction of sp³-hybridized carbons (Fsp3) is 0.424. The molecule has 3 heterocycles. The third-order valence-corrected chi connectivity index (χ3v) is 10.1. The van der Waals surface area contributed by atoms with Gasteiger partial charge in [0.25, 0.3) is 11.8 Å². The average molecular weight is 592 g/mol. The van der Waals surface area contributed by atoms with Crippen molar-refractivity contribution in [3.8, 4) is 0 Å². The second kappa shape index (κ2) is 11.0. The normalized spacial score (nSPS) is 21.0. The SMILES string of the molecule is CC1(C)Cc2ccc(C(=O)N3CCC4(CC3)CCN(c3ccncc3)CC4)cc2C1NC(=O)c1ccc(Cl)cc1Cl. The van der Waals surface area contributed by atoms with Gasteiger partial charge in [-0.25, -0.2) is 0 Å². The van der Waals surface area contributed by atoms with Crippen LogP contribution in [0.4, 0.5) is 5.69 Å². The second-order valence-electron chi connectivity index (χ2n) is 12.6. The lowest BCUT2D eigenvalue weighted by atomic mass is 9.71. The van der Waals surface area contributed by atoms with Crippen LogP contribution >= 0.6 is 23.2 Å². The molecule has 214 valence electrons. The van der Waals surface area contributed by atoms with Gasteiger partial charge in [-0.1, -0.05) is 43.1 Å². The van der Waals surface area contributed by atoms with Gasteiger partial charge in [0.1, 0.15) is 0 Å². The Balaban J connectivity index is 1.12. The summed E-state index contributed by atoms with van der Waals surface area (Å²) < 4.78 is 0. The minimum Gasteiger partial charge on any atom is -0.371 e. The number of hydrogen-bond acceptors (Lipinski definition) is 4. The predicted molar refractivity (Wildman–Crippen MR) is 164 cm³/mol. The monoisotopic (exact) mass is 590 g/mol. The molecule has 2 fully saturated rings. The van der Waals surface area contributed by atoms with Crippen molar-refractivity contribution >= 4 is 40.7 Å². The van der Waals surface area contributed by atoms with Crippen molar-refractivity contribution in [3.05, 3.63) is 93.2 Å². The van der Waals surface area contributed by atoms with Gasteiger partial charge < -0.3 is 15.1 Å². The lowest BCUT2D eigenvalue weighted by Crippen LogP contribution is -2.48. The molecule has 2 aliphatic heterocycles. The van der Waals surface area contributed by atoms with Crippen LogP contribution in [-0.4, -0.2) is 47.9 Å². The first-order valence-corrected chi connectivity index (χ1v) is 15.2. The molecule has 2 saturated heterocycles. The van der Waals surface area contributed by atoms with Gasteiger partial charge in [0.15, 0.2) is 0 Å². The highest BCUT2D eigenvalue weighted by molar-refractivity contribution is 6.36. The van der Waals surface area contributed by atoms with E-state index in [2.05, 4.69) is 47.2 Å². The van der Waals surface area contributed by atoms with Crippen molar-refractivity contribution in [1.29, 1.82) is 0 Å². The number of carbonyl (C=O) groups excluding carboxylic acids is 2. The van der Waals surface area contributed by atoms with Crippen LogP contribution in [0.5, 0.6) is 0 Å². The molecule has 1 unspecified atom stereocenters. The number of amides is 2. The molecule has 1 aromatic heterocycles. The van der Waals surface area contributed by atoms with Crippen LogP contribution in [0.2, 0.25) is 10.0 Å².